The summed E-state index contributed by atoms with van der Waals surface area (Å²) in [5.41, 5.74) is -1.08. The van der Waals surface area contributed by atoms with Crippen LogP contribution in [0.4, 0.5) is 0 Å². The van der Waals surface area contributed by atoms with Gasteiger partial charge in [-0.05, 0) is 26.2 Å². The lowest BCUT2D eigenvalue weighted by Crippen LogP contribution is -2.41. The number of carbonyl (C=O) groups is 2. The van der Waals surface area contributed by atoms with Crippen molar-refractivity contribution in [3.05, 3.63) is 0 Å². The second-order valence-electron chi connectivity index (χ2n) is 5.44. The van der Waals surface area contributed by atoms with Crippen molar-refractivity contribution in [3.63, 3.8) is 0 Å². The zero-order valence-electron chi connectivity index (χ0n) is 11.0. The monoisotopic (exact) mass is 245 g/mol. The Hall–Kier alpha value is -1.10. The number of rotatable bonds is 7. The van der Waals surface area contributed by atoms with Crippen LogP contribution in [0.1, 0.15) is 40.5 Å². The van der Waals surface area contributed by atoms with Crippen LogP contribution in [0, 0.1) is 11.3 Å². The van der Waals surface area contributed by atoms with Gasteiger partial charge in [-0.25, -0.2) is 0 Å². The zero-order valence-corrected chi connectivity index (χ0v) is 11.0. The molecule has 0 radical (unpaired) electrons. The molecule has 5 nitrogen and oxygen atoms in total. The van der Waals surface area contributed by atoms with Crippen molar-refractivity contribution in [2.24, 2.45) is 11.3 Å². The van der Waals surface area contributed by atoms with Gasteiger partial charge in [-0.2, -0.15) is 0 Å². The van der Waals surface area contributed by atoms with Crippen molar-refractivity contribution in [1.82, 2.24) is 5.32 Å². The van der Waals surface area contributed by atoms with E-state index in [1.54, 1.807) is 0 Å². The second kappa shape index (κ2) is 6.59. The summed E-state index contributed by atoms with van der Waals surface area (Å²) in [5, 5.41) is 20.7. The van der Waals surface area contributed by atoms with Gasteiger partial charge in [0.05, 0.1) is 18.1 Å². The van der Waals surface area contributed by atoms with Gasteiger partial charge in [0.15, 0.2) is 0 Å². The highest BCUT2D eigenvalue weighted by molar-refractivity contribution is 5.84. The van der Waals surface area contributed by atoms with E-state index >= 15 is 0 Å². The molecule has 0 aliphatic heterocycles. The smallest absolute Gasteiger partial charge is 0.309 e. The first-order valence-electron chi connectivity index (χ1n) is 5.82. The Morgan fingerprint density at radius 3 is 2.18 bits per heavy atom. The Morgan fingerprint density at radius 1 is 1.29 bits per heavy atom. The molecular weight excluding hydrogens is 222 g/mol. The predicted molar refractivity (Wildman–Crippen MR) is 64.5 cm³/mol. The van der Waals surface area contributed by atoms with E-state index < -0.39 is 11.4 Å². The Labute approximate surface area is 102 Å². The minimum Gasteiger partial charge on any atom is -0.481 e. The molecule has 5 heteroatoms. The van der Waals surface area contributed by atoms with Gasteiger partial charge in [0.2, 0.25) is 5.91 Å². The Bertz CT molecular complexity index is 274. The van der Waals surface area contributed by atoms with E-state index in [2.05, 4.69) is 5.32 Å². The van der Waals surface area contributed by atoms with Crippen LogP contribution >= 0.6 is 0 Å². The van der Waals surface area contributed by atoms with Crippen molar-refractivity contribution < 1.29 is 19.8 Å². The number of hydrogen-bond acceptors (Lipinski definition) is 3. The average molecular weight is 245 g/mol. The van der Waals surface area contributed by atoms with E-state index in [4.69, 9.17) is 10.2 Å². The van der Waals surface area contributed by atoms with Crippen molar-refractivity contribution in [2.45, 2.75) is 46.6 Å². The molecule has 1 amide bonds. The minimum absolute atomic E-state index is 0.0864. The van der Waals surface area contributed by atoms with E-state index in [1.165, 1.54) is 13.8 Å². The first-order chi connectivity index (χ1) is 7.69. The van der Waals surface area contributed by atoms with E-state index in [9.17, 15) is 9.59 Å². The molecule has 0 aliphatic rings. The molecule has 0 heterocycles. The zero-order chi connectivity index (χ0) is 13.6. The van der Waals surface area contributed by atoms with Gasteiger partial charge in [-0.15, -0.1) is 0 Å². The molecule has 0 aromatic heterocycles. The molecule has 100 valence electrons. The fraction of sp³-hybridized carbons (Fsp3) is 0.833. The number of carboxylic acids is 1. The van der Waals surface area contributed by atoms with Crippen LogP contribution < -0.4 is 5.32 Å². The summed E-state index contributed by atoms with van der Waals surface area (Å²) in [6, 6.07) is -0.299. The molecule has 0 aromatic rings. The van der Waals surface area contributed by atoms with Crippen LogP contribution in [-0.4, -0.2) is 34.7 Å². The molecule has 17 heavy (non-hydrogen) atoms. The topological polar surface area (TPSA) is 86.6 Å². The van der Waals surface area contributed by atoms with Gasteiger partial charge in [-0.1, -0.05) is 13.8 Å². The number of aliphatic hydroxyl groups excluding tert-OH is 1. The molecule has 0 rings (SSSR count). The molecule has 0 spiro atoms. The molecule has 0 bridgehead atoms. The number of amides is 1. The first kappa shape index (κ1) is 15.9. The average Bonchev–Trinajstić information content (AvgIpc) is 2.14. The maximum Gasteiger partial charge on any atom is 0.309 e. The first-order valence-corrected chi connectivity index (χ1v) is 5.82. The van der Waals surface area contributed by atoms with Crippen LogP contribution in [0.15, 0.2) is 0 Å². The summed E-state index contributed by atoms with van der Waals surface area (Å²) in [6.07, 6.45) is 0.590. The summed E-state index contributed by atoms with van der Waals surface area (Å²) >= 11 is 0. The van der Waals surface area contributed by atoms with Crippen LogP contribution in [0.3, 0.4) is 0 Å². The molecule has 0 fully saturated rings. The molecule has 3 N–H and O–H groups in total. The molecule has 0 aromatic carbocycles. The van der Waals surface area contributed by atoms with Crippen molar-refractivity contribution >= 4 is 11.9 Å². The lowest BCUT2D eigenvalue weighted by atomic mass is 9.89. The fourth-order valence-corrected chi connectivity index (χ4v) is 1.50. The highest BCUT2D eigenvalue weighted by atomic mass is 16.4. The van der Waals surface area contributed by atoms with Crippen molar-refractivity contribution in [3.8, 4) is 0 Å². The molecule has 0 saturated carbocycles. The summed E-state index contributed by atoms with van der Waals surface area (Å²) in [4.78, 5) is 22.5. The second-order valence-corrected chi connectivity index (χ2v) is 5.44. The summed E-state index contributed by atoms with van der Waals surface area (Å²) in [5.74, 6) is -0.978. The molecule has 0 saturated heterocycles. The van der Waals surface area contributed by atoms with Crippen LogP contribution in [0.2, 0.25) is 0 Å². The number of carboxylic acid groups (broad SMARTS) is 1. The maximum atomic E-state index is 11.6. The van der Waals surface area contributed by atoms with E-state index in [-0.39, 0.29) is 25.0 Å². The number of carbonyl (C=O) groups excluding carboxylic acids is 1. The number of nitrogens with one attached hydrogen (secondary N) is 1. The molecule has 1 unspecified atom stereocenters. The van der Waals surface area contributed by atoms with Gasteiger partial charge in [-0.3, -0.25) is 9.59 Å². The maximum absolute atomic E-state index is 11.6. The molecule has 0 aliphatic carbocycles. The summed E-state index contributed by atoms with van der Waals surface area (Å²) in [6.45, 7) is 6.88. The van der Waals surface area contributed by atoms with E-state index in [1.807, 2.05) is 13.8 Å². The van der Waals surface area contributed by atoms with Gasteiger partial charge in [0.1, 0.15) is 0 Å². The Balaban J connectivity index is 4.29. The number of aliphatic hydroxyl groups is 1. The minimum atomic E-state index is -1.08. The fourth-order valence-electron chi connectivity index (χ4n) is 1.50. The summed E-state index contributed by atoms with van der Waals surface area (Å²) in [7, 11) is 0. The van der Waals surface area contributed by atoms with Crippen LogP contribution in [-0.2, 0) is 9.59 Å². The molecule has 1 atom stereocenters. The Kier molecular flexibility index (Phi) is 6.16. The normalized spacial score (nSPS) is 13.5. The highest BCUT2D eigenvalue weighted by Gasteiger charge is 2.30. The number of aliphatic carboxylic acids is 1. The van der Waals surface area contributed by atoms with Gasteiger partial charge >= 0.3 is 5.97 Å². The lowest BCUT2D eigenvalue weighted by molar-refractivity contribution is -0.149. The predicted octanol–water partition coefficient (Wildman–Crippen LogP) is 1.01. The number of hydrogen-bond donors (Lipinski definition) is 3. The third kappa shape index (κ3) is 6.26. The van der Waals surface area contributed by atoms with E-state index in [0.29, 0.717) is 12.3 Å². The SMILES string of the molecule is CC(C)CC(CO)NC(=O)CC(C)(C)C(=O)O. The highest BCUT2D eigenvalue weighted by Crippen LogP contribution is 2.20. The quantitative estimate of drug-likeness (QED) is 0.624. The Morgan fingerprint density at radius 2 is 1.82 bits per heavy atom. The van der Waals surface area contributed by atoms with Gasteiger partial charge in [0, 0.05) is 6.42 Å². The lowest BCUT2D eigenvalue weighted by Gasteiger charge is -2.22. The van der Waals surface area contributed by atoms with Crippen molar-refractivity contribution in [1.29, 1.82) is 0 Å². The molecular formula is C12H23NO4. The van der Waals surface area contributed by atoms with Crippen LogP contribution in [0.25, 0.3) is 0 Å². The standard InChI is InChI=1S/C12H23NO4/c1-8(2)5-9(7-14)13-10(15)6-12(3,4)11(16)17/h8-9,14H,5-7H2,1-4H3,(H,13,15)(H,16,17). The third-order valence-electron chi connectivity index (χ3n) is 2.52. The summed E-state index contributed by atoms with van der Waals surface area (Å²) < 4.78 is 0. The third-order valence-corrected chi connectivity index (χ3v) is 2.52. The van der Waals surface area contributed by atoms with Gasteiger partial charge in [0.25, 0.3) is 0 Å². The van der Waals surface area contributed by atoms with Gasteiger partial charge < -0.3 is 15.5 Å². The van der Waals surface area contributed by atoms with Crippen LogP contribution in [0.5, 0.6) is 0 Å². The van der Waals surface area contributed by atoms with Crippen molar-refractivity contribution in [2.75, 3.05) is 6.61 Å². The van der Waals surface area contributed by atoms with E-state index in [0.717, 1.165) is 0 Å². The largest absolute Gasteiger partial charge is 0.481 e.